The lowest BCUT2D eigenvalue weighted by Crippen LogP contribution is -2.44. The zero-order chi connectivity index (χ0) is 17.7. The molecule has 2 heterocycles. The molecule has 0 aliphatic carbocycles. The SMILES string of the molecule is O=C(NCCc1ccccc1)C1CC(S(=O)(=O)N2CCSCC2)CN1. The van der Waals surface area contributed by atoms with Gasteiger partial charge in [0.1, 0.15) is 0 Å². The molecule has 2 aliphatic rings. The average Bonchev–Trinajstić information content (AvgIpc) is 3.14. The summed E-state index contributed by atoms with van der Waals surface area (Å²) in [6.07, 6.45) is 1.12. The molecule has 2 aliphatic heterocycles. The molecule has 2 fully saturated rings. The number of hydrogen-bond donors (Lipinski definition) is 2. The summed E-state index contributed by atoms with van der Waals surface area (Å²) in [5.41, 5.74) is 1.17. The zero-order valence-corrected chi connectivity index (χ0v) is 15.8. The molecule has 0 spiro atoms. The van der Waals surface area contributed by atoms with Crippen LogP contribution >= 0.6 is 11.8 Å². The second-order valence-corrected chi connectivity index (χ2v) is 9.84. The molecule has 2 atom stereocenters. The number of carbonyl (C=O) groups excluding carboxylic acids is 1. The van der Waals surface area contributed by atoms with Gasteiger partial charge in [0.25, 0.3) is 0 Å². The van der Waals surface area contributed by atoms with Gasteiger partial charge >= 0.3 is 0 Å². The normalized spacial score (nSPS) is 25.0. The third-order valence-corrected chi connectivity index (χ3v) is 7.94. The summed E-state index contributed by atoms with van der Waals surface area (Å²) in [4.78, 5) is 12.3. The van der Waals surface area contributed by atoms with Crippen molar-refractivity contribution in [2.45, 2.75) is 24.1 Å². The second kappa shape index (κ2) is 8.53. The highest BCUT2D eigenvalue weighted by Gasteiger charge is 2.40. The number of nitrogens with one attached hydrogen (secondary N) is 2. The molecule has 3 rings (SSSR count). The molecular weight excluding hydrogens is 358 g/mol. The summed E-state index contributed by atoms with van der Waals surface area (Å²) >= 11 is 1.78. The molecule has 25 heavy (non-hydrogen) atoms. The van der Waals surface area contributed by atoms with Crippen LogP contribution in [-0.4, -0.2) is 67.6 Å². The Balaban J connectivity index is 1.47. The number of carbonyl (C=O) groups is 1. The summed E-state index contributed by atoms with van der Waals surface area (Å²) in [5.74, 6) is 1.59. The fourth-order valence-corrected chi connectivity index (χ4v) is 6.23. The first-order valence-electron chi connectivity index (χ1n) is 8.69. The molecule has 6 nitrogen and oxygen atoms in total. The number of benzene rings is 1. The van der Waals surface area contributed by atoms with E-state index in [1.807, 2.05) is 30.3 Å². The molecule has 138 valence electrons. The van der Waals surface area contributed by atoms with Crippen molar-refractivity contribution < 1.29 is 13.2 Å². The van der Waals surface area contributed by atoms with Gasteiger partial charge in [-0.2, -0.15) is 16.1 Å². The van der Waals surface area contributed by atoms with Crippen molar-refractivity contribution in [2.24, 2.45) is 0 Å². The monoisotopic (exact) mass is 383 g/mol. The number of nitrogens with zero attached hydrogens (tertiary/aromatic N) is 1. The van der Waals surface area contributed by atoms with E-state index in [9.17, 15) is 13.2 Å². The Morgan fingerprint density at radius 1 is 1.24 bits per heavy atom. The Morgan fingerprint density at radius 3 is 2.68 bits per heavy atom. The largest absolute Gasteiger partial charge is 0.354 e. The lowest BCUT2D eigenvalue weighted by Gasteiger charge is -2.28. The molecule has 2 unspecified atom stereocenters. The van der Waals surface area contributed by atoms with Crippen molar-refractivity contribution >= 4 is 27.7 Å². The summed E-state index contributed by atoms with van der Waals surface area (Å²) in [5, 5.41) is 5.49. The Morgan fingerprint density at radius 2 is 1.96 bits per heavy atom. The third kappa shape index (κ3) is 4.75. The zero-order valence-electron chi connectivity index (χ0n) is 14.2. The van der Waals surface area contributed by atoms with Crippen molar-refractivity contribution in [3.8, 4) is 0 Å². The summed E-state index contributed by atoms with van der Waals surface area (Å²) in [6.45, 7) is 2.07. The van der Waals surface area contributed by atoms with Crippen LogP contribution in [0.2, 0.25) is 0 Å². The van der Waals surface area contributed by atoms with Crippen LogP contribution in [0.4, 0.5) is 0 Å². The molecule has 1 amide bonds. The molecule has 1 aromatic carbocycles. The van der Waals surface area contributed by atoms with Crippen LogP contribution in [0.15, 0.2) is 30.3 Å². The maximum Gasteiger partial charge on any atom is 0.237 e. The van der Waals surface area contributed by atoms with Crippen LogP contribution in [0.25, 0.3) is 0 Å². The van der Waals surface area contributed by atoms with Gasteiger partial charge in [0.05, 0.1) is 11.3 Å². The third-order valence-electron chi connectivity index (χ3n) is 4.71. The number of thioether (sulfide) groups is 1. The minimum absolute atomic E-state index is 0.108. The number of rotatable bonds is 6. The quantitative estimate of drug-likeness (QED) is 0.746. The average molecular weight is 384 g/mol. The maximum absolute atomic E-state index is 12.7. The summed E-state index contributed by atoms with van der Waals surface area (Å²) < 4.78 is 27.0. The van der Waals surface area contributed by atoms with Gasteiger partial charge in [-0.25, -0.2) is 8.42 Å². The lowest BCUT2D eigenvalue weighted by atomic mass is 10.1. The van der Waals surface area contributed by atoms with Crippen LogP contribution in [-0.2, 0) is 21.2 Å². The van der Waals surface area contributed by atoms with Gasteiger partial charge in [-0.3, -0.25) is 4.79 Å². The van der Waals surface area contributed by atoms with E-state index >= 15 is 0 Å². The standard InChI is InChI=1S/C17H25N3O3S2/c21-17(18-7-6-14-4-2-1-3-5-14)16-12-15(13-19-16)25(22,23)20-8-10-24-11-9-20/h1-5,15-16,19H,6-13H2,(H,18,21). The molecule has 2 N–H and O–H groups in total. The van der Waals surface area contributed by atoms with Crippen LogP contribution in [0.3, 0.4) is 0 Å². The van der Waals surface area contributed by atoms with Gasteiger partial charge in [0, 0.05) is 37.7 Å². The van der Waals surface area contributed by atoms with Crippen molar-refractivity contribution in [1.29, 1.82) is 0 Å². The van der Waals surface area contributed by atoms with Crippen LogP contribution in [0, 0.1) is 0 Å². The first-order chi connectivity index (χ1) is 12.1. The lowest BCUT2D eigenvalue weighted by molar-refractivity contribution is -0.122. The minimum atomic E-state index is -3.31. The van der Waals surface area contributed by atoms with Gasteiger partial charge in [-0.05, 0) is 18.4 Å². The van der Waals surface area contributed by atoms with Crippen molar-refractivity contribution in [3.05, 3.63) is 35.9 Å². The van der Waals surface area contributed by atoms with Crippen LogP contribution < -0.4 is 10.6 Å². The maximum atomic E-state index is 12.7. The van der Waals surface area contributed by atoms with E-state index < -0.39 is 21.3 Å². The molecule has 0 aromatic heterocycles. The smallest absolute Gasteiger partial charge is 0.237 e. The van der Waals surface area contributed by atoms with Crippen LogP contribution in [0.5, 0.6) is 0 Å². The van der Waals surface area contributed by atoms with Gasteiger partial charge in [0.15, 0.2) is 0 Å². The predicted molar refractivity (Wildman–Crippen MR) is 101 cm³/mol. The number of amides is 1. The molecule has 0 radical (unpaired) electrons. The van der Waals surface area contributed by atoms with Gasteiger partial charge in [-0.15, -0.1) is 0 Å². The highest BCUT2D eigenvalue weighted by molar-refractivity contribution is 7.99. The number of hydrogen-bond acceptors (Lipinski definition) is 5. The van der Waals surface area contributed by atoms with Crippen molar-refractivity contribution in [2.75, 3.05) is 37.7 Å². The Labute approximate surface area is 153 Å². The first kappa shape index (κ1) is 18.7. The highest BCUT2D eigenvalue weighted by Crippen LogP contribution is 2.22. The molecule has 1 aromatic rings. The molecule has 8 heteroatoms. The van der Waals surface area contributed by atoms with Gasteiger partial charge in [0.2, 0.25) is 15.9 Å². The number of sulfonamides is 1. The highest BCUT2D eigenvalue weighted by atomic mass is 32.2. The Hall–Kier alpha value is -1.09. The topological polar surface area (TPSA) is 78.5 Å². The van der Waals surface area contributed by atoms with Crippen molar-refractivity contribution in [1.82, 2.24) is 14.9 Å². The fourth-order valence-electron chi connectivity index (χ4n) is 3.24. The molecule has 2 saturated heterocycles. The molecule has 0 saturated carbocycles. The Bertz CT molecular complexity index is 676. The van der Waals surface area contributed by atoms with E-state index in [0.29, 0.717) is 32.6 Å². The van der Waals surface area contributed by atoms with Gasteiger partial charge in [-0.1, -0.05) is 30.3 Å². The predicted octanol–water partition coefficient (Wildman–Crippen LogP) is 0.454. The van der Waals surface area contributed by atoms with E-state index in [1.165, 1.54) is 5.56 Å². The summed E-state index contributed by atoms with van der Waals surface area (Å²) in [7, 11) is -3.31. The van der Waals surface area contributed by atoms with Crippen molar-refractivity contribution in [3.63, 3.8) is 0 Å². The van der Waals surface area contributed by atoms with E-state index in [2.05, 4.69) is 10.6 Å². The molecule has 0 bridgehead atoms. The van der Waals surface area contributed by atoms with E-state index in [-0.39, 0.29) is 5.91 Å². The van der Waals surface area contributed by atoms with E-state index in [0.717, 1.165) is 17.9 Å². The Kier molecular flexibility index (Phi) is 6.38. The van der Waals surface area contributed by atoms with Gasteiger partial charge < -0.3 is 10.6 Å². The van der Waals surface area contributed by atoms with Crippen LogP contribution in [0.1, 0.15) is 12.0 Å². The summed E-state index contributed by atoms with van der Waals surface area (Å²) in [6, 6.07) is 9.55. The molecular formula is C17H25N3O3S2. The van der Waals surface area contributed by atoms with E-state index in [1.54, 1.807) is 16.1 Å². The fraction of sp³-hybridized carbons (Fsp3) is 0.588. The first-order valence-corrected chi connectivity index (χ1v) is 11.3. The second-order valence-electron chi connectivity index (χ2n) is 6.40. The minimum Gasteiger partial charge on any atom is -0.354 e. The van der Waals surface area contributed by atoms with E-state index in [4.69, 9.17) is 0 Å².